The second-order valence-corrected chi connectivity index (χ2v) is 8.91. The Balaban J connectivity index is 2.11. The lowest BCUT2D eigenvalue weighted by molar-refractivity contribution is -0.137. The van der Waals surface area contributed by atoms with E-state index in [1.54, 1.807) is 6.07 Å². The lowest BCUT2D eigenvalue weighted by atomic mass is 10.2. The Labute approximate surface area is 176 Å². The third kappa shape index (κ3) is 4.81. The number of nitrogens with zero attached hydrogens (tertiary/aromatic N) is 1. The first-order valence-electron chi connectivity index (χ1n) is 8.86. The highest BCUT2D eigenvalue weighted by atomic mass is 35.5. The van der Waals surface area contributed by atoms with Gasteiger partial charge in [0.05, 0.1) is 23.4 Å². The number of rotatable bonds is 7. The fourth-order valence-corrected chi connectivity index (χ4v) is 4.70. The van der Waals surface area contributed by atoms with Crippen molar-refractivity contribution in [3.8, 4) is 5.75 Å². The van der Waals surface area contributed by atoms with E-state index in [0.717, 1.165) is 18.9 Å². The largest absolute Gasteiger partial charge is 0.495 e. The van der Waals surface area contributed by atoms with Crippen LogP contribution in [0.25, 0.3) is 0 Å². The summed E-state index contributed by atoms with van der Waals surface area (Å²) in [5.74, 6) is -0.460. The topological polar surface area (TPSA) is 75.7 Å². The van der Waals surface area contributed by atoms with E-state index in [9.17, 15) is 26.4 Å². The molecule has 0 aliphatic heterocycles. The summed E-state index contributed by atoms with van der Waals surface area (Å²) in [6, 6.07) is 7.96. The van der Waals surface area contributed by atoms with Crippen LogP contribution in [0.2, 0.25) is 5.02 Å². The minimum atomic E-state index is -4.77. The summed E-state index contributed by atoms with van der Waals surface area (Å²) in [6.45, 7) is -0.647. The predicted octanol–water partition coefficient (Wildman–Crippen LogP) is 3.84. The van der Waals surface area contributed by atoms with Gasteiger partial charge in [-0.1, -0.05) is 23.7 Å². The molecule has 0 spiro atoms. The number of para-hydroxylation sites is 2. The molecule has 1 N–H and O–H groups in total. The van der Waals surface area contributed by atoms with Crippen molar-refractivity contribution >= 4 is 33.2 Å². The van der Waals surface area contributed by atoms with E-state index in [4.69, 9.17) is 16.3 Å². The minimum absolute atomic E-state index is 0.000532. The number of sulfonamides is 1. The second-order valence-electron chi connectivity index (χ2n) is 6.67. The van der Waals surface area contributed by atoms with Gasteiger partial charge in [0.1, 0.15) is 17.2 Å². The Morgan fingerprint density at radius 1 is 1.23 bits per heavy atom. The maximum atomic E-state index is 13.4. The van der Waals surface area contributed by atoms with Crippen molar-refractivity contribution in [1.82, 2.24) is 5.32 Å². The molecule has 1 saturated carbocycles. The van der Waals surface area contributed by atoms with Gasteiger partial charge in [-0.2, -0.15) is 13.2 Å². The number of carbonyl (C=O) groups excluding carboxylic acids is 1. The smallest absolute Gasteiger partial charge is 0.416 e. The van der Waals surface area contributed by atoms with Crippen LogP contribution in [-0.2, 0) is 21.0 Å². The fourth-order valence-electron chi connectivity index (χ4n) is 2.76. The highest BCUT2D eigenvalue weighted by molar-refractivity contribution is 7.93. The molecule has 0 atom stereocenters. The molecule has 162 valence electrons. The summed E-state index contributed by atoms with van der Waals surface area (Å²) < 4.78 is 72.1. The van der Waals surface area contributed by atoms with E-state index in [0.29, 0.717) is 16.4 Å². The van der Waals surface area contributed by atoms with Gasteiger partial charge in [0.25, 0.3) is 10.0 Å². The van der Waals surface area contributed by atoms with Crippen molar-refractivity contribution in [1.29, 1.82) is 0 Å². The molecule has 0 radical (unpaired) electrons. The average molecular weight is 463 g/mol. The lowest BCUT2D eigenvalue weighted by Gasteiger charge is -2.26. The summed E-state index contributed by atoms with van der Waals surface area (Å²) in [6.07, 6.45) is -3.20. The predicted molar refractivity (Wildman–Crippen MR) is 105 cm³/mol. The normalized spacial score (nSPS) is 14.3. The highest BCUT2D eigenvalue weighted by Crippen LogP contribution is 2.37. The maximum absolute atomic E-state index is 13.4. The zero-order valence-electron chi connectivity index (χ0n) is 15.7. The van der Waals surface area contributed by atoms with E-state index in [2.05, 4.69) is 5.32 Å². The molecular weight excluding hydrogens is 445 g/mol. The van der Waals surface area contributed by atoms with Gasteiger partial charge in [-0.3, -0.25) is 9.10 Å². The maximum Gasteiger partial charge on any atom is 0.416 e. The van der Waals surface area contributed by atoms with E-state index in [1.165, 1.54) is 25.3 Å². The van der Waals surface area contributed by atoms with Gasteiger partial charge in [-0.05, 0) is 43.2 Å². The van der Waals surface area contributed by atoms with E-state index >= 15 is 0 Å². The number of benzene rings is 2. The Morgan fingerprint density at radius 3 is 2.50 bits per heavy atom. The van der Waals surface area contributed by atoms with Gasteiger partial charge in [0.15, 0.2) is 0 Å². The van der Waals surface area contributed by atoms with Crippen LogP contribution in [0.15, 0.2) is 47.4 Å². The molecule has 0 unspecified atom stereocenters. The molecule has 0 aromatic heterocycles. The Kier molecular flexibility index (Phi) is 6.19. The van der Waals surface area contributed by atoms with E-state index in [-0.39, 0.29) is 17.5 Å². The van der Waals surface area contributed by atoms with Crippen molar-refractivity contribution in [2.75, 3.05) is 18.0 Å². The summed E-state index contributed by atoms with van der Waals surface area (Å²) in [4.78, 5) is 11.6. The number of methoxy groups -OCH3 is 1. The third-order valence-corrected chi connectivity index (χ3v) is 6.65. The first-order valence-corrected chi connectivity index (χ1v) is 10.7. The van der Waals surface area contributed by atoms with Gasteiger partial charge in [0, 0.05) is 6.04 Å². The van der Waals surface area contributed by atoms with Gasteiger partial charge in [-0.15, -0.1) is 0 Å². The van der Waals surface area contributed by atoms with Gasteiger partial charge < -0.3 is 10.1 Å². The van der Waals surface area contributed by atoms with Crippen molar-refractivity contribution in [3.63, 3.8) is 0 Å². The Hall–Kier alpha value is -2.46. The van der Waals surface area contributed by atoms with Crippen LogP contribution >= 0.6 is 11.6 Å². The molecule has 1 amide bonds. The highest BCUT2D eigenvalue weighted by Gasteiger charge is 2.36. The second kappa shape index (κ2) is 8.35. The lowest BCUT2D eigenvalue weighted by Crippen LogP contribution is -2.41. The average Bonchev–Trinajstić information content (AvgIpc) is 3.49. The summed E-state index contributed by atoms with van der Waals surface area (Å²) in [7, 11) is -3.34. The molecule has 1 aliphatic carbocycles. The monoisotopic (exact) mass is 462 g/mol. The summed E-state index contributed by atoms with van der Waals surface area (Å²) in [5.41, 5.74) is -1.17. The molecular formula is C19H18ClF3N2O4S. The third-order valence-electron chi connectivity index (χ3n) is 4.41. The number of halogens is 4. The first kappa shape index (κ1) is 22.2. The molecule has 2 aromatic rings. The van der Waals surface area contributed by atoms with Crippen LogP contribution in [-0.4, -0.2) is 34.0 Å². The van der Waals surface area contributed by atoms with Crippen LogP contribution in [0, 0.1) is 0 Å². The number of hydrogen-bond acceptors (Lipinski definition) is 4. The molecule has 3 rings (SSSR count). The molecule has 6 nitrogen and oxygen atoms in total. The van der Waals surface area contributed by atoms with E-state index in [1.807, 2.05) is 0 Å². The van der Waals surface area contributed by atoms with Gasteiger partial charge >= 0.3 is 6.18 Å². The van der Waals surface area contributed by atoms with Crippen LogP contribution in [0.1, 0.15) is 18.4 Å². The Morgan fingerprint density at radius 2 is 1.90 bits per heavy atom. The molecule has 1 fully saturated rings. The van der Waals surface area contributed by atoms with Gasteiger partial charge in [0.2, 0.25) is 5.91 Å². The zero-order chi connectivity index (χ0) is 22.1. The molecule has 11 heteroatoms. The molecule has 0 bridgehead atoms. The number of ether oxygens (including phenoxy) is 1. The van der Waals surface area contributed by atoms with Crippen molar-refractivity contribution < 1.29 is 31.1 Å². The number of anilines is 1. The number of amides is 1. The van der Waals surface area contributed by atoms with Crippen molar-refractivity contribution in [2.24, 2.45) is 0 Å². The van der Waals surface area contributed by atoms with Crippen LogP contribution in [0.5, 0.6) is 5.75 Å². The molecule has 30 heavy (non-hydrogen) atoms. The first-order chi connectivity index (χ1) is 14.0. The van der Waals surface area contributed by atoms with Gasteiger partial charge in [-0.25, -0.2) is 8.42 Å². The molecule has 2 aromatic carbocycles. The molecule has 1 aliphatic rings. The van der Waals surface area contributed by atoms with Crippen LogP contribution in [0.4, 0.5) is 18.9 Å². The minimum Gasteiger partial charge on any atom is -0.495 e. The summed E-state index contributed by atoms with van der Waals surface area (Å²) in [5, 5.41) is 2.27. The number of carbonyl (C=O) groups is 1. The summed E-state index contributed by atoms with van der Waals surface area (Å²) >= 11 is 5.96. The van der Waals surface area contributed by atoms with E-state index < -0.39 is 44.1 Å². The number of nitrogens with one attached hydrogen (secondary N) is 1. The standard InChI is InChI=1S/C19H18ClF3N2O4S/c1-29-16-5-3-2-4-15(16)25(11-18(26)24-13-7-8-13)30(27,28)17-10-12(19(21,22)23)6-9-14(17)20/h2-6,9-10,13H,7-8,11H2,1H3,(H,24,26). The number of alkyl halides is 3. The quantitative estimate of drug-likeness (QED) is 0.678. The van der Waals surface area contributed by atoms with Crippen LogP contribution < -0.4 is 14.4 Å². The Bertz CT molecular complexity index is 1060. The van der Waals surface area contributed by atoms with Crippen molar-refractivity contribution in [2.45, 2.75) is 30.0 Å². The zero-order valence-corrected chi connectivity index (χ0v) is 17.3. The number of hydrogen-bond donors (Lipinski definition) is 1. The fraction of sp³-hybridized carbons (Fsp3) is 0.316. The van der Waals surface area contributed by atoms with Crippen molar-refractivity contribution in [3.05, 3.63) is 53.1 Å². The molecule has 0 saturated heterocycles. The van der Waals surface area contributed by atoms with Crippen LogP contribution in [0.3, 0.4) is 0 Å². The molecule has 0 heterocycles. The SMILES string of the molecule is COc1ccccc1N(CC(=O)NC1CC1)S(=O)(=O)c1cc(C(F)(F)F)ccc1Cl.